The van der Waals surface area contributed by atoms with Crippen LogP contribution in [0.1, 0.15) is 5.56 Å². The van der Waals surface area contributed by atoms with Crippen LogP contribution in [0.5, 0.6) is 0 Å². The molecule has 0 spiro atoms. The fraction of sp³-hybridized carbons (Fsp3) is 0.167. The van der Waals surface area contributed by atoms with Crippen molar-refractivity contribution in [2.24, 2.45) is 0 Å². The highest BCUT2D eigenvalue weighted by molar-refractivity contribution is 6.01. The van der Waals surface area contributed by atoms with E-state index in [2.05, 4.69) is 0 Å². The molecule has 2 N–H and O–H groups in total. The average molecular weight is 215 g/mol. The molecule has 16 heavy (non-hydrogen) atoms. The molecule has 0 aliphatic rings. The zero-order valence-corrected chi connectivity index (χ0v) is 9.27. The summed E-state index contributed by atoms with van der Waals surface area (Å²) in [5.41, 5.74) is 7.04. The average Bonchev–Trinajstić information content (AvgIpc) is 2.25. The first-order valence-corrected chi connectivity index (χ1v) is 4.73. The third-order valence-corrected chi connectivity index (χ3v) is 1.98. The SMILES string of the molecule is CN(C)C(=O)C(C#N)=Cc1cccc(N)c1. The molecule has 4 heteroatoms. The summed E-state index contributed by atoms with van der Waals surface area (Å²) < 4.78 is 0. The summed E-state index contributed by atoms with van der Waals surface area (Å²) in [6.07, 6.45) is 1.53. The summed E-state index contributed by atoms with van der Waals surface area (Å²) in [5, 5.41) is 8.88. The molecule has 0 aliphatic heterocycles. The normalized spacial score (nSPS) is 10.7. The fourth-order valence-corrected chi connectivity index (χ4v) is 1.20. The predicted molar refractivity (Wildman–Crippen MR) is 63.1 cm³/mol. The van der Waals surface area contributed by atoms with Crippen LogP contribution in [0, 0.1) is 11.3 Å². The maximum atomic E-state index is 11.6. The van der Waals surface area contributed by atoms with E-state index in [0.717, 1.165) is 5.56 Å². The Kier molecular flexibility index (Phi) is 3.67. The summed E-state index contributed by atoms with van der Waals surface area (Å²) >= 11 is 0. The Bertz CT molecular complexity index is 469. The van der Waals surface area contributed by atoms with E-state index in [1.807, 2.05) is 6.07 Å². The van der Waals surface area contributed by atoms with Gasteiger partial charge in [0.25, 0.3) is 5.91 Å². The number of hydrogen-bond acceptors (Lipinski definition) is 3. The van der Waals surface area contributed by atoms with Gasteiger partial charge in [-0.1, -0.05) is 12.1 Å². The van der Waals surface area contributed by atoms with Crippen molar-refractivity contribution in [1.29, 1.82) is 5.26 Å². The van der Waals surface area contributed by atoms with Crippen LogP contribution in [0.2, 0.25) is 0 Å². The quantitative estimate of drug-likeness (QED) is 0.458. The summed E-state index contributed by atoms with van der Waals surface area (Å²) in [6.45, 7) is 0. The van der Waals surface area contributed by atoms with Crippen LogP contribution in [0.3, 0.4) is 0 Å². The van der Waals surface area contributed by atoms with Gasteiger partial charge in [-0.3, -0.25) is 4.79 Å². The highest BCUT2D eigenvalue weighted by Gasteiger charge is 2.10. The van der Waals surface area contributed by atoms with Crippen molar-refractivity contribution in [2.45, 2.75) is 0 Å². The minimum Gasteiger partial charge on any atom is -0.399 e. The molecule has 1 rings (SSSR count). The second-order valence-corrected chi connectivity index (χ2v) is 3.54. The first-order chi connectivity index (χ1) is 7.54. The van der Waals surface area contributed by atoms with E-state index in [1.54, 1.807) is 38.4 Å². The highest BCUT2D eigenvalue weighted by Crippen LogP contribution is 2.11. The Hall–Kier alpha value is -2.28. The monoisotopic (exact) mass is 215 g/mol. The summed E-state index contributed by atoms with van der Waals surface area (Å²) in [4.78, 5) is 12.9. The van der Waals surface area contributed by atoms with Crippen molar-refractivity contribution in [2.75, 3.05) is 19.8 Å². The zero-order valence-electron chi connectivity index (χ0n) is 9.27. The number of benzene rings is 1. The number of carbonyl (C=O) groups excluding carboxylic acids is 1. The molecule has 0 saturated carbocycles. The van der Waals surface area contributed by atoms with E-state index in [4.69, 9.17) is 11.0 Å². The molecule has 0 fully saturated rings. The molecule has 0 bridgehead atoms. The van der Waals surface area contributed by atoms with Crippen LogP contribution in [0.25, 0.3) is 6.08 Å². The Morgan fingerprint density at radius 1 is 1.50 bits per heavy atom. The van der Waals surface area contributed by atoms with Crippen LogP contribution in [-0.4, -0.2) is 24.9 Å². The van der Waals surface area contributed by atoms with E-state index >= 15 is 0 Å². The van der Waals surface area contributed by atoms with E-state index in [9.17, 15) is 4.79 Å². The number of anilines is 1. The number of rotatable bonds is 2. The molecular formula is C12H13N3O. The van der Waals surface area contributed by atoms with Crippen molar-refractivity contribution >= 4 is 17.7 Å². The Morgan fingerprint density at radius 3 is 2.69 bits per heavy atom. The van der Waals surface area contributed by atoms with Crippen molar-refractivity contribution in [3.05, 3.63) is 35.4 Å². The van der Waals surface area contributed by atoms with E-state index in [-0.39, 0.29) is 11.5 Å². The van der Waals surface area contributed by atoms with Gasteiger partial charge >= 0.3 is 0 Å². The van der Waals surface area contributed by atoms with E-state index in [0.29, 0.717) is 5.69 Å². The molecule has 0 atom stereocenters. The van der Waals surface area contributed by atoms with Crippen LogP contribution in [-0.2, 0) is 4.79 Å². The van der Waals surface area contributed by atoms with Gasteiger partial charge in [0, 0.05) is 19.8 Å². The van der Waals surface area contributed by atoms with Crippen LogP contribution in [0.4, 0.5) is 5.69 Å². The molecule has 0 radical (unpaired) electrons. The lowest BCUT2D eigenvalue weighted by atomic mass is 10.1. The van der Waals surface area contributed by atoms with Gasteiger partial charge in [0.05, 0.1) is 0 Å². The highest BCUT2D eigenvalue weighted by atomic mass is 16.2. The number of nitrogens with two attached hydrogens (primary N) is 1. The van der Waals surface area contributed by atoms with Crippen molar-refractivity contribution in [3.8, 4) is 6.07 Å². The van der Waals surface area contributed by atoms with Crippen molar-refractivity contribution in [3.63, 3.8) is 0 Å². The van der Waals surface area contributed by atoms with Crippen molar-refractivity contribution < 1.29 is 4.79 Å². The van der Waals surface area contributed by atoms with Gasteiger partial charge in [0.2, 0.25) is 0 Å². The van der Waals surface area contributed by atoms with Crippen LogP contribution in [0.15, 0.2) is 29.8 Å². The Morgan fingerprint density at radius 2 is 2.19 bits per heavy atom. The third kappa shape index (κ3) is 2.85. The first kappa shape index (κ1) is 11.8. The topological polar surface area (TPSA) is 70.1 Å². The van der Waals surface area contributed by atoms with Gasteiger partial charge in [-0.25, -0.2) is 0 Å². The number of nitriles is 1. The molecule has 0 aromatic heterocycles. The Balaban J connectivity index is 3.07. The lowest BCUT2D eigenvalue weighted by Crippen LogP contribution is -2.22. The zero-order chi connectivity index (χ0) is 12.1. The molecule has 0 heterocycles. The van der Waals surface area contributed by atoms with Gasteiger partial charge in [0.15, 0.2) is 0 Å². The molecule has 1 aromatic carbocycles. The number of carbonyl (C=O) groups is 1. The van der Waals surface area contributed by atoms with Gasteiger partial charge in [-0.15, -0.1) is 0 Å². The fourth-order valence-electron chi connectivity index (χ4n) is 1.20. The van der Waals surface area contributed by atoms with Gasteiger partial charge in [-0.05, 0) is 23.8 Å². The summed E-state index contributed by atoms with van der Waals surface area (Å²) in [6, 6.07) is 8.90. The largest absolute Gasteiger partial charge is 0.399 e. The molecule has 1 amide bonds. The lowest BCUT2D eigenvalue weighted by Gasteiger charge is -2.08. The van der Waals surface area contributed by atoms with E-state index < -0.39 is 0 Å². The smallest absolute Gasteiger partial charge is 0.264 e. The number of nitrogens with zero attached hydrogens (tertiary/aromatic N) is 2. The standard InChI is InChI=1S/C12H13N3O/c1-15(2)12(16)10(8-13)6-9-4-3-5-11(14)7-9/h3-7H,14H2,1-2H3. The molecule has 0 saturated heterocycles. The number of likely N-dealkylation sites (N-methyl/N-ethyl adjacent to an activating group) is 1. The first-order valence-electron chi connectivity index (χ1n) is 4.73. The van der Waals surface area contributed by atoms with Crippen molar-refractivity contribution in [1.82, 2.24) is 4.90 Å². The number of amides is 1. The minimum absolute atomic E-state index is 0.0931. The third-order valence-electron chi connectivity index (χ3n) is 1.98. The maximum Gasteiger partial charge on any atom is 0.264 e. The van der Waals surface area contributed by atoms with Crippen LogP contribution >= 0.6 is 0 Å². The number of nitrogen functional groups attached to an aromatic ring is 1. The molecule has 0 aliphatic carbocycles. The lowest BCUT2D eigenvalue weighted by molar-refractivity contribution is -0.124. The molecule has 4 nitrogen and oxygen atoms in total. The van der Waals surface area contributed by atoms with Gasteiger partial charge < -0.3 is 10.6 Å². The summed E-state index contributed by atoms with van der Waals surface area (Å²) in [7, 11) is 3.21. The van der Waals surface area contributed by atoms with Gasteiger partial charge in [-0.2, -0.15) is 5.26 Å². The van der Waals surface area contributed by atoms with E-state index in [1.165, 1.54) is 11.0 Å². The molecular weight excluding hydrogens is 202 g/mol. The number of hydrogen-bond donors (Lipinski definition) is 1. The molecule has 82 valence electrons. The molecule has 0 unspecified atom stereocenters. The second-order valence-electron chi connectivity index (χ2n) is 3.54. The second kappa shape index (κ2) is 4.99. The predicted octanol–water partition coefficient (Wildman–Crippen LogP) is 1.26. The van der Waals surface area contributed by atoms with Gasteiger partial charge in [0.1, 0.15) is 11.6 Å². The Labute approximate surface area is 94.6 Å². The minimum atomic E-state index is -0.315. The molecule has 1 aromatic rings. The summed E-state index contributed by atoms with van der Waals surface area (Å²) in [5.74, 6) is -0.315. The maximum absolute atomic E-state index is 11.6. The van der Waals surface area contributed by atoms with Crippen LogP contribution < -0.4 is 5.73 Å².